The fraction of sp³-hybridized carbons (Fsp3) is 0.579. The Morgan fingerprint density at radius 1 is 1.23 bits per heavy atom. The molecule has 0 spiro atoms. The summed E-state index contributed by atoms with van der Waals surface area (Å²) in [5, 5.41) is 19.8. The van der Waals surface area contributed by atoms with Gasteiger partial charge in [0.15, 0.2) is 0 Å². The maximum atomic E-state index is 12.7. The number of aromatic nitrogens is 2. The second kappa shape index (κ2) is 7.25. The molecule has 1 aromatic carbocycles. The van der Waals surface area contributed by atoms with Crippen molar-refractivity contribution in [2.75, 3.05) is 13.1 Å². The van der Waals surface area contributed by atoms with Crippen LogP contribution < -0.4 is 16.2 Å². The minimum absolute atomic E-state index is 0.00967. The molecular weight excluding hydrogens is 332 g/mol. The fourth-order valence-electron chi connectivity index (χ4n) is 4.34. The zero-order valence-corrected chi connectivity index (χ0v) is 14.8. The Morgan fingerprint density at radius 2 is 1.96 bits per heavy atom. The zero-order valence-electron chi connectivity index (χ0n) is 14.8. The molecule has 1 saturated carbocycles. The SMILES string of the molecule is O=C(Cn1[nH]c2ccccc2c1=O)N[C@H](C1CCNCC1)C1CC(O)C1. The van der Waals surface area contributed by atoms with Gasteiger partial charge in [0.25, 0.3) is 5.56 Å². The van der Waals surface area contributed by atoms with Gasteiger partial charge in [-0.3, -0.25) is 14.7 Å². The second-order valence-corrected chi connectivity index (χ2v) is 7.61. The summed E-state index contributed by atoms with van der Waals surface area (Å²) < 4.78 is 1.37. The average Bonchev–Trinajstić information content (AvgIpc) is 2.94. The summed E-state index contributed by atoms with van der Waals surface area (Å²) in [6.45, 7) is 1.92. The van der Waals surface area contributed by atoms with E-state index in [1.165, 1.54) is 4.68 Å². The van der Waals surface area contributed by atoms with Crippen LogP contribution in [0, 0.1) is 11.8 Å². The summed E-state index contributed by atoms with van der Waals surface area (Å²) >= 11 is 0. The van der Waals surface area contributed by atoms with Crippen LogP contribution in [0.25, 0.3) is 10.9 Å². The van der Waals surface area contributed by atoms with Crippen molar-refractivity contribution in [3.63, 3.8) is 0 Å². The number of aliphatic hydroxyl groups is 1. The summed E-state index contributed by atoms with van der Waals surface area (Å²) in [5.74, 6) is 0.609. The zero-order chi connectivity index (χ0) is 18.1. The molecule has 7 heteroatoms. The molecule has 2 heterocycles. The first-order valence-corrected chi connectivity index (χ1v) is 9.47. The number of nitrogens with one attached hydrogen (secondary N) is 3. The number of benzene rings is 1. The number of nitrogens with zero attached hydrogens (tertiary/aromatic N) is 1. The Labute approximate surface area is 151 Å². The molecule has 4 rings (SSSR count). The number of carbonyl (C=O) groups is 1. The third-order valence-corrected chi connectivity index (χ3v) is 5.84. The molecule has 2 fully saturated rings. The molecule has 1 aliphatic carbocycles. The molecule has 1 aromatic heterocycles. The predicted octanol–water partition coefficient (Wildman–Crippen LogP) is 0.585. The van der Waals surface area contributed by atoms with E-state index < -0.39 is 0 Å². The number of amides is 1. The number of H-pyrrole nitrogens is 1. The van der Waals surface area contributed by atoms with E-state index in [0.717, 1.165) is 44.3 Å². The third kappa shape index (κ3) is 3.41. The normalized spacial score (nSPS) is 25.0. The van der Waals surface area contributed by atoms with Gasteiger partial charge in [0.2, 0.25) is 5.91 Å². The summed E-state index contributed by atoms with van der Waals surface area (Å²) in [6, 6.07) is 7.34. The van der Waals surface area contributed by atoms with E-state index in [1.54, 1.807) is 6.07 Å². The van der Waals surface area contributed by atoms with Crippen molar-refractivity contribution in [3.05, 3.63) is 34.6 Å². The molecule has 1 aliphatic heterocycles. The van der Waals surface area contributed by atoms with Crippen molar-refractivity contribution in [2.45, 2.75) is 44.4 Å². The molecule has 26 heavy (non-hydrogen) atoms. The highest BCUT2D eigenvalue weighted by Gasteiger charge is 2.39. The Morgan fingerprint density at radius 3 is 2.65 bits per heavy atom. The van der Waals surface area contributed by atoms with Crippen LogP contribution in [-0.4, -0.2) is 46.0 Å². The van der Waals surface area contributed by atoms with E-state index in [4.69, 9.17) is 0 Å². The number of aromatic amines is 1. The minimum atomic E-state index is -0.238. The number of aliphatic hydroxyl groups excluding tert-OH is 1. The standard InChI is InChI=1S/C19H26N4O3/c24-14-9-13(10-14)18(12-5-7-20-8-6-12)21-17(25)11-23-19(26)15-3-1-2-4-16(15)22-23/h1-4,12-14,18,20,22,24H,5-11H2,(H,21,25)/t13?,14?,18-/m1/s1. The third-order valence-electron chi connectivity index (χ3n) is 5.84. The molecule has 1 atom stereocenters. The van der Waals surface area contributed by atoms with Crippen LogP contribution in [0.5, 0.6) is 0 Å². The van der Waals surface area contributed by atoms with Crippen LogP contribution in [0.2, 0.25) is 0 Å². The highest BCUT2D eigenvalue weighted by molar-refractivity contribution is 5.79. The number of hydrogen-bond acceptors (Lipinski definition) is 4. The lowest BCUT2D eigenvalue weighted by molar-refractivity contribution is -0.124. The molecule has 1 saturated heterocycles. The minimum Gasteiger partial charge on any atom is -0.393 e. The van der Waals surface area contributed by atoms with Crippen LogP contribution >= 0.6 is 0 Å². The van der Waals surface area contributed by atoms with Crippen molar-refractivity contribution in [1.29, 1.82) is 0 Å². The van der Waals surface area contributed by atoms with Gasteiger partial charge in [-0.2, -0.15) is 0 Å². The summed E-state index contributed by atoms with van der Waals surface area (Å²) in [5.41, 5.74) is 0.565. The van der Waals surface area contributed by atoms with Gasteiger partial charge in [-0.25, -0.2) is 4.68 Å². The van der Waals surface area contributed by atoms with Gasteiger partial charge < -0.3 is 15.7 Å². The second-order valence-electron chi connectivity index (χ2n) is 7.61. The van der Waals surface area contributed by atoms with E-state index in [-0.39, 0.29) is 30.2 Å². The molecule has 2 aromatic rings. The number of rotatable bonds is 5. The number of piperidine rings is 1. The van der Waals surface area contributed by atoms with Crippen LogP contribution in [0.4, 0.5) is 0 Å². The van der Waals surface area contributed by atoms with Crippen molar-refractivity contribution in [1.82, 2.24) is 20.4 Å². The van der Waals surface area contributed by atoms with E-state index in [9.17, 15) is 14.7 Å². The van der Waals surface area contributed by atoms with Gasteiger partial charge in [0.1, 0.15) is 6.54 Å². The molecular formula is C19H26N4O3. The lowest BCUT2D eigenvalue weighted by atomic mass is 9.71. The maximum Gasteiger partial charge on any atom is 0.274 e. The molecule has 140 valence electrons. The summed E-state index contributed by atoms with van der Waals surface area (Å²) in [4.78, 5) is 25.1. The molecule has 7 nitrogen and oxygen atoms in total. The van der Waals surface area contributed by atoms with Gasteiger partial charge in [0, 0.05) is 6.04 Å². The summed E-state index contributed by atoms with van der Waals surface area (Å²) in [7, 11) is 0. The smallest absolute Gasteiger partial charge is 0.274 e. The Balaban J connectivity index is 1.47. The van der Waals surface area contributed by atoms with Crippen molar-refractivity contribution >= 4 is 16.8 Å². The first-order valence-electron chi connectivity index (χ1n) is 9.47. The van der Waals surface area contributed by atoms with Gasteiger partial charge in [0.05, 0.1) is 17.0 Å². The van der Waals surface area contributed by atoms with Crippen LogP contribution in [0.15, 0.2) is 29.1 Å². The van der Waals surface area contributed by atoms with E-state index in [0.29, 0.717) is 17.2 Å². The van der Waals surface area contributed by atoms with Crippen LogP contribution in [0.1, 0.15) is 25.7 Å². The van der Waals surface area contributed by atoms with Crippen LogP contribution in [-0.2, 0) is 11.3 Å². The van der Waals surface area contributed by atoms with E-state index in [2.05, 4.69) is 15.7 Å². The fourth-order valence-corrected chi connectivity index (χ4v) is 4.34. The van der Waals surface area contributed by atoms with Gasteiger partial charge >= 0.3 is 0 Å². The van der Waals surface area contributed by atoms with E-state index in [1.807, 2.05) is 18.2 Å². The van der Waals surface area contributed by atoms with Crippen LogP contribution in [0.3, 0.4) is 0 Å². The Hall–Kier alpha value is -2.12. The Kier molecular flexibility index (Phi) is 4.82. The number of para-hydroxylation sites is 1. The summed E-state index contributed by atoms with van der Waals surface area (Å²) in [6.07, 6.45) is 3.33. The number of hydrogen-bond donors (Lipinski definition) is 4. The first kappa shape index (κ1) is 17.3. The predicted molar refractivity (Wildman–Crippen MR) is 98.8 cm³/mol. The lowest BCUT2D eigenvalue weighted by Gasteiger charge is -2.43. The van der Waals surface area contributed by atoms with Crippen molar-refractivity contribution in [3.8, 4) is 0 Å². The number of fused-ring (bicyclic) bond motifs is 1. The highest BCUT2D eigenvalue weighted by atomic mass is 16.3. The van der Waals surface area contributed by atoms with Gasteiger partial charge in [-0.1, -0.05) is 12.1 Å². The van der Waals surface area contributed by atoms with Crippen molar-refractivity contribution in [2.24, 2.45) is 11.8 Å². The highest BCUT2D eigenvalue weighted by Crippen LogP contribution is 2.35. The molecule has 1 amide bonds. The lowest BCUT2D eigenvalue weighted by Crippen LogP contribution is -2.53. The topological polar surface area (TPSA) is 99.2 Å². The van der Waals surface area contributed by atoms with Gasteiger partial charge in [-0.05, 0) is 62.7 Å². The first-order chi connectivity index (χ1) is 12.6. The maximum absolute atomic E-state index is 12.7. The molecule has 0 bridgehead atoms. The quantitative estimate of drug-likeness (QED) is 0.628. The molecule has 4 N–H and O–H groups in total. The Bertz CT molecular complexity index is 831. The monoisotopic (exact) mass is 358 g/mol. The molecule has 2 aliphatic rings. The molecule has 0 unspecified atom stereocenters. The van der Waals surface area contributed by atoms with Gasteiger partial charge in [-0.15, -0.1) is 0 Å². The van der Waals surface area contributed by atoms with E-state index >= 15 is 0 Å². The molecule has 0 radical (unpaired) electrons. The average molecular weight is 358 g/mol. The van der Waals surface area contributed by atoms with Crippen molar-refractivity contribution < 1.29 is 9.90 Å². The number of carbonyl (C=O) groups excluding carboxylic acids is 1. The largest absolute Gasteiger partial charge is 0.393 e.